The lowest BCUT2D eigenvalue weighted by Gasteiger charge is -2.05. The van der Waals surface area contributed by atoms with Crippen LogP contribution in [0.15, 0.2) is 41.1 Å². The van der Waals surface area contributed by atoms with Crippen LogP contribution < -0.4 is 0 Å². The highest BCUT2D eigenvalue weighted by atomic mass is 79.9. The summed E-state index contributed by atoms with van der Waals surface area (Å²) >= 11 is 3.29. The molecule has 0 radical (unpaired) electrons. The first-order valence-corrected chi connectivity index (χ1v) is 5.58. The van der Waals surface area contributed by atoms with Gasteiger partial charge in [0.25, 0.3) is 0 Å². The molecule has 0 aliphatic carbocycles. The third kappa shape index (κ3) is 3.33. The van der Waals surface area contributed by atoms with Crippen molar-refractivity contribution in [3.05, 3.63) is 41.1 Å². The van der Waals surface area contributed by atoms with Crippen LogP contribution in [0.4, 0.5) is 13.2 Å². The van der Waals surface area contributed by atoms with Gasteiger partial charge in [-0.3, -0.25) is 4.68 Å². The van der Waals surface area contributed by atoms with Crippen molar-refractivity contribution in [2.75, 3.05) is 0 Å². The number of aromatic nitrogens is 2. The van der Waals surface area contributed by atoms with Gasteiger partial charge in [0.05, 0.1) is 6.20 Å². The summed E-state index contributed by atoms with van der Waals surface area (Å²) in [6.45, 7) is -1.07. The second kappa shape index (κ2) is 4.52. The number of halogens is 4. The summed E-state index contributed by atoms with van der Waals surface area (Å²) in [6, 6.07) is 7.30. The fourth-order valence-electron chi connectivity index (χ4n) is 1.43. The van der Waals surface area contributed by atoms with Crippen LogP contribution in [0.5, 0.6) is 0 Å². The van der Waals surface area contributed by atoms with E-state index in [0.29, 0.717) is 5.56 Å². The first kappa shape index (κ1) is 12.2. The van der Waals surface area contributed by atoms with Crippen LogP contribution in [0.1, 0.15) is 0 Å². The molecule has 2 aromatic rings. The second-order valence-electron chi connectivity index (χ2n) is 3.55. The molecule has 2 nitrogen and oxygen atoms in total. The Morgan fingerprint density at radius 1 is 1.12 bits per heavy atom. The maximum atomic E-state index is 12.1. The average molecular weight is 305 g/mol. The van der Waals surface area contributed by atoms with Gasteiger partial charge < -0.3 is 0 Å². The van der Waals surface area contributed by atoms with Gasteiger partial charge >= 0.3 is 6.18 Å². The van der Waals surface area contributed by atoms with Crippen molar-refractivity contribution >= 4 is 15.9 Å². The zero-order valence-electron chi connectivity index (χ0n) is 8.58. The first-order valence-electron chi connectivity index (χ1n) is 4.79. The lowest BCUT2D eigenvalue weighted by molar-refractivity contribution is -0.142. The van der Waals surface area contributed by atoms with E-state index in [0.717, 1.165) is 14.7 Å². The summed E-state index contributed by atoms with van der Waals surface area (Å²) in [6.07, 6.45) is -1.44. The maximum Gasteiger partial charge on any atom is 0.408 e. The summed E-state index contributed by atoms with van der Waals surface area (Å²) in [4.78, 5) is 0. The van der Waals surface area contributed by atoms with Crippen LogP contribution >= 0.6 is 15.9 Å². The van der Waals surface area contributed by atoms with E-state index in [9.17, 15) is 13.2 Å². The molecule has 0 aliphatic heterocycles. The van der Waals surface area contributed by atoms with Crippen molar-refractivity contribution in [2.45, 2.75) is 12.7 Å². The Labute approximate surface area is 104 Å². The second-order valence-corrected chi connectivity index (χ2v) is 4.46. The Kier molecular flexibility index (Phi) is 3.24. The van der Waals surface area contributed by atoms with E-state index < -0.39 is 12.7 Å². The number of hydrogen-bond donors (Lipinski definition) is 0. The zero-order valence-corrected chi connectivity index (χ0v) is 10.2. The minimum absolute atomic E-state index is 0.668. The van der Waals surface area contributed by atoms with Gasteiger partial charge in [-0.25, -0.2) is 0 Å². The molecule has 2 rings (SSSR count). The smallest absolute Gasteiger partial charge is 0.263 e. The van der Waals surface area contributed by atoms with Crippen molar-refractivity contribution < 1.29 is 13.2 Å². The van der Waals surface area contributed by atoms with Gasteiger partial charge in [-0.15, -0.1) is 0 Å². The molecule has 17 heavy (non-hydrogen) atoms. The molecular weight excluding hydrogens is 297 g/mol. The van der Waals surface area contributed by atoms with Crippen molar-refractivity contribution in [1.82, 2.24) is 9.78 Å². The average Bonchev–Trinajstić information content (AvgIpc) is 2.64. The first-order chi connectivity index (χ1) is 7.94. The number of rotatable bonds is 2. The highest BCUT2D eigenvalue weighted by Gasteiger charge is 2.28. The van der Waals surface area contributed by atoms with E-state index in [-0.39, 0.29) is 0 Å². The number of benzene rings is 1. The number of hydrogen-bond acceptors (Lipinski definition) is 1. The molecule has 0 atom stereocenters. The molecule has 0 saturated carbocycles. The molecule has 90 valence electrons. The molecule has 0 bridgehead atoms. The third-order valence-corrected chi connectivity index (χ3v) is 2.68. The highest BCUT2D eigenvalue weighted by molar-refractivity contribution is 9.10. The molecule has 1 aromatic heterocycles. The molecule has 1 aromatic carbocycles. The van der Waals surface area contributed by atoms with Crippen LogP contribution in [-0.2, 0) is 6.54 Å². The van der Waals surface area contributed by atoms with Gasteiger partial charge in [-0.2, -0.15) is 18.3 Å². The lowest BCUT2D eigenvalue weighted by Crippen LogP contribution is -2.17. The van der Waals surface area contributed by atoms with Gasteiger partial charge in [0.15, 0.2) is 0 Å². The van der Waals surface area contributed by atoms with Crippen LogP contribution in [0.25, 0.3) is 11.1 Å². The summed E-state index contributed by atoms with van der Waals surface area (Å²) in [7, 11) is 0. The van der Waals surface area contributed by atoms with Crippen LogP contribution in [0, 0.1) is 0 Å². The summed E-state index contributed by atoms with van der Waals surface area (Å²) in [5.74, 6) is 0. The Morgan fingerprint density at radius 2 is 1.76 bits per heavy atom. The Hall–Kier alpha value is -1.30. The zero-order chi connectivity index (χ0) is 12.5. The van der Waals surface area contributed by atoms with Crippen LogP contribution in [0.2, 0.25) is 0 Å². The predicted molar refractivity (Wildman–Crippen MR) is 61.4 cm³/mol. The van der Waals surface area contributed by atoms with Crippen molar-refractivity contribution in [3.8, 4) is 11.1 Å². The standard InChI is InChI=1S/C11H8BrF3N2/c12-10-3-1-8(2-4-10)9-5-16-17(6-9)7-11(13,14)15/h1-6H,7H2. The molecular formula is C11H8BrF3N2. The molecule has 0 saturated heterocycles. The van der Waals surface area contributed by atoms with Gasteiger partial charge in [0.1, 0.15) is 6.54 Å². The molecule has 6 heteroatoms. The molecule has 0 fully saturated rings. The molecule has 0 amide bonds. The Bertz CT molecular complexity index is 502. The van der Waals surface area contributed by atoms with Gasteiger partial charge in [-0.05, 0) is 17.7 Å². The number of alkyl halides is 3. The van der Waals surface area contributed by atoms with Gasteiger partial charge in [0.2, 0.25) is 0 Å². The van der Waals surface area contributed by atoms with E-state index in [1.54, 1.807) is 0 Å². The lowest BCUT2D eigenvalue weighted by atomic mass is 10.1. The quantitative estimate of drug-likeness (QED) is 0.823. The van der Waals surface area contributed by atoms with Crippen LogP contribution in [-0.4, -0.2) is 16.0 Å². The van der Waals surface area contributed by atoms with E-state index in [2.05, 4.69) is 21.0 Å². The Balaban J connectivity index is 2.21. The molecule has 0 aliphatic rings. The summed E-state index contributed by atoms with van der Waals surface area (Å²) in [5, 5.41) is 3.69. The minimum atomic E-state index is -4.25. The molecule has 1 heterocycles. The van der Waals surface area contributed by atoms with Gasteiger partial charge in [0, 0.05) is 16.2 Å². The van der Waals surface area contributed by atoms with E-state index in [1.807, 2.05) is 24.3 Å². The summed E-state index contributed by atoms with van der Waals surface area (Å²) < 4.78 is 38.2. The largest absolute Gasteiger partial charge is 0.408 e. The van der Waals surface area contributed by atoms with Gasteiger partial charge in [-0.1, -0.05) is 28.1 Å². The Morgan fingerprint density at radius 3 is 2.35 bits per heavy atom. The van der Waals surface area contributed by atoms with E-state index in [4.69, 9.17) is 0 Å². The third-order valence-electron chi connectivity index (χ3n) is 2.15. The van der Waals surface area contributed by atoms with Crippen LogP contribution in [0.3, 0.4) is 0 Å². The monoisotopic (exact) mass is 304 g/mol. The fourth-order valence-corrected chi connectivity index (χ4v) is 1.69. The molecule has 0 N–H and O–H groups in total. The predicted octanol–water partition coefficient (Wildman–Crippen LogP) is 3.87. The normalized spacial score (nSPS) is 11.8. The number of nitrogens with zero attached hydrogens (tertiary/aromatic N) is 2. The SMILES string of the molecule is FC(F)(F)Cn1cc(-c2ccc(Br)cc2)cn1. The summed E-state index contributed by atoms with van der Waals surface area (Å²) in [5.41, 5.74) is 1.50. The highest BCUT2D eigenvalue weighted by Crippen LogP contribution is 2.23. The van der Waals surface area contributed by atoms with Crippen molar-refractivity contribution in [2.24, 2.45) is 0 Å². The minimum Gasteiger partial charge on any atom is -0.263 e. The fraction of sp³-hybridized carbons (Fsp3) is 0.182. The molecule has 0 spiro atoms. The van der Waals surface area contributed by atoms with Crippen molar-refractivity contribution in [1.29, 1.82) is 0 Å². The maximum absolute atomic E-state index is 12.1. The molecule has 0 unspecified atom stereocenters. The van der Waals surface area contributed by atoms with E-state index >= 15 is 0 Å². The van der Waals surface area contributed by atoms with E-state index in [1.165, 1.54) is 12.4 Å². The topological polar surface area (TPSA) is 17.8 Å². The van der Waals surface area contributed by atoms with Crippen molar-refractivity contribution in [3.63, 3.8) is 0 Å².